The molecule has 0 saturated heterocycles. The van der Waals surface area contributed by atoms with Crippen molar-refractivity contribution in [2.24, 2.45) is 0 Å². The van der Waals surface area contributed by atoms with E-state index in [4.69, 9.17) is 16.3 Å². The quantitative estimate of drug-likeness (QED) is 0.472. The molecule has 3 aromatic rings. The summed E-state index contributed by atoms with van der Waals surface area (Å²) in [5.74, 6) is 0.0464. The summed E-state index contributed by atoms with van der Waals surface area (Å²) < 4.78 is 22.9. The Hall–Kier alpha value is -1.59. The summed E-state index contributed by atoms with van der Waals surface area (Å²) in [7, 11) is 0. The van der Waals surface area contributed by atoms with Crippen LogP contribution in [0, 0.1) is 5.82 Å². The number of pyridine rings is 1. The Morgan fingerprint density at radius 2 is 1.96 bits per heavy atom. The summed E-state index contributed by atoms with van der Waals surface area (Å²) in [4.78, 5) is 4.16. The standard InChI is InChI=1S/C19H17BrClFN2O/c20-15-11-24(17-9-19(21)23-10-14(15)17)12-5-7-13(8-6-12)25-18-4-2-1-3-16(18)22/h1-4,9-13H,5-8H2/t12-,13+. The summed E-state index contributed by atoms with van der Waals surface area (Å²) in [6, 6.07) is 8.88. The first kappa shape index (κ1) is 16.9. The normalized spacial score (nSPS) is 20.8. The Kier molecular flexibility index (Phi) is 4.69. The maximum atomic E-state index is 13.7. The number of para-hydroxylation sites is 1. The van der Waals surface area contributed by atoms with Gasteiger partial charge in [0.2, 0.25) is 0 Å². The molecule has 1 aliphatic rings. The van der Waals surface area contributed by atoms with Gasteiger partial charge in [0.05, 0.1) is 11.6 Å². The summed E-state index contributed by atoms with van der Waals surface area (Å²) in [5, 5.41) is 1.56. The van der Waals surface area contributed by atoms with E-state index in [0.717, 1.165) is 41.1 Å². The van der Waals surface area contributed by atoms with Gasteiger partial charge in [-0.15, -0.1) is 0 Å². The van der Waals surface area contributed by atoms with Crippen molar-refractivity contribution in [3.8, 4) is 5.75 Å². The fraction of sp³-hybridized carbons (Fsp3) is 0.316. The Morgan fingerprint density at radius 3 is 2.72 bits per heavy atom. The third kappa shape index (κ3) is 3.40. The van der Waals surface area contributed by atoms with Crippen molar-refractivity contribution in [2.45, 2.75) is 37.8 Å². The van der Waals surface area contributed by atoms with Gasteiger partial charge in [-0.05, 0) is 59.8 Å². The van der Waals surface area contributed by atoms with Gasteiger partial charge in [-0.3, -0.25) is 0 Å². The second-order valence-corrected chi connectivity index (χ2v) is 7.63. The highest BCUT2D eigenvalue weighted by Crippen LogP contribution is 2.36. The monoisotopic (exact) mass is 422 g/mol. The van der Waals surface area contributed by atoms with Gasteiger partial charge in [0.25, 0.3) is 0 Å². The molecule has 0 bridgehead atoms. The van der Waals surface area contributed by atoms with E-state index < -0.39 is 0 Å². The first-order valence-corrected chi connectivity index (χ1v) is 9.51. The zero-order chi connectivity index (χ0) is 17.4. The Balaban J connectivity index is 1.49. The first-order chi connectivity index (χ1) is 12.1. The molecule has 0 radical (unpaired) electrons. The lowest BCUT2D eigenvalue weighted by atomic mass is 9.92. The van der Waals surface area contributed by atoms with E-state index >= 15 is 0 Å². The summed E-state index contributed by atoms with van der Waals surface area (Å²) >= 11 is 9.67. The van der Waals surface area contributed by atoms with E-state index in [1.54, 1.807) is 24.4 Å². The van der Waals surface area contributed by atoms with E-state index in [2.05, 4.69) is 31.7 Å². The molecular formula is C19H17BrClFN2O. The fourth-order valence-corrected chi connectivity index (χ4v) is 4.22. The van der Waals surface area contributed by atoms with Crippen molar-refractivity contribution in [3.63, 3.8) is 0 Å². The molecule has 0 aliphatic heterocycles. The molecule has 2 aromatic heterocycles. The average Bonchev–Trinajstić information content (AvgIpc) is 2.94. The van der Waals surface area contributed by atoms with Crippen LogP contribution in [0.4, 0.5) is 4.39 Å². The van der Waals surface area contributed by atoms with Gasteiger partial charge in [-0.1, -0.05) is 23.7 Å². The molecular weight excluding hydrogens is 407 g/mol. The smallest absolute Gasteiger partial charge is 0.165 e. The number of halogens is 3. The molecule has 25 heavy (non-hydrogen) atoms. The number of benzene rings is 1. The molecule has 1 aromatic carbocycles. The highest BCUT2D eigenvalue weighted by atomic mass is 79.9. The average molecular weight is 424 g/mol. The van der Waals surface area contributed by atoms with Crippen molar-refractivity contribution in [3.05, 3.63) is 58.2 Å². The third-order valence-electron chi connectivity index (χ3n) is 4.80. The van der Waals surface area contributed by atoms with E-state index in [1.165, 1.54) is 6.07 Å². The van der Waals surface area contributed by atoms with Gasteiger partial charge in [0, 0.05) is 28.3 Å². The van der Waals surface area contributed by atoms with Crippen LogP contribution in [-0.2, 0) is 0 Å². The lowest BCUT2D eigenvalue weighted by Gasteiger charge is -2.30. The number of hydrogen-bond acceptors (Lipinski definition) is 2. The van der Waals surface area contributed by atoms with Crippen molar-refractivity contribution in [1.82, 2.24) is 9.55 Å². The maximum Gasteiger partial charge on any atom is 0.165 e. The van der Waals surface area contributed by atoms with Gasteiger partial charge < -0.3 is 9.30 Å². The number of nitrogens with zero attached hydrogens (tertiary/aromatic N) is 2. The summed E-state index contributed by atoms with van der Waals surface area (Å²) in [6.07, 6.45) is 7.72. The minimum atomic E-state index is -0.299. The molecule has 1 saturated carbocycles. The number of ether oxygens (including phenoxy) is 1. The molecule has 6 heteroatoms. The van der Waals surface area contributed by atoms with E-state index in [-0.39, 0.29) is 11.9 Å². The number of aromatic nitrogens is 2. The second kappa shape index (κ2) is 6.96. The van der Waals surface area contributed by atoms with E-state index in [0.29, 0.717) is 16.9 Å². The van der Waals surface area contributed by atoms with Crippen LogP contribution in [0.5, 0.6) is 5.75 Å². The van der Waals surface area contributed by atoms with Crippen LogP contribution < -0.4 is 4.74 Å². The number of fused-ring (bicyclic) bond motifs is 1. The van der Waals surface area contributed by atoms with Gasteiger partial charge in [0.15, 0.2) is 11.6 Å². The van der Waals surface area contributed by atoms with Gasteiger partial charge >= 0.3 is 0 Å². The van der Waals surface area contributed by atoms with Crippen LogP contribution in [0.1, 0.15) is 31.7 Å². The van der Waals surface area contributed by atoms with Crippen LogP contribution in [0.15, 0.2) is 47.2 Å². The van der Waals surface area contributed by atoms with Crippen LogP contribution >= 0.6 is 27.5 Å². The third-order valence-corrected chi connectivity index (χ3v) is 5.64. The SMILES string of the molecule is Fc1ccccc1O[C@H]1CC[C@@H](n2cc(Br)c3cnc(Cl)cc32)CC1. The van der Waals surface area contributed by atoms with Crippen molar-refractivity contribution < 1.29 is 9.13 Å². The Morgan fingerprint density at radius 1 is 1.20 bits per heavy atom. The fourth-order valence-electron chi connectivity index (χ4n) is 3.54. The molecule has 0 amide bonds. The Labute approximate surface area is 158 Å². The molecule has 0 N–H and O–H groups in total. The molecule has 0 atom stereocenters. The maximum absolute atomic E-state index is 13.7. The molecule has 1 aliphatic carbocycles. The van der Waals surface area contributed by atoms with Gasteiger partial charge in [-0.25, -0.2) is 9.37 Å². The number of rotatable bonds is 3. The minimum Gasteiger partial charge on any atom is -0.487 e. The molecule has 4 rings (SSSR count). The molecule has 3 nitrogen and oxygen atoms in total. The molecule has 0 spiro atoms. The van der Waals surface area contributed by atoms with Crippen molar-refractivity contribution in [1.29, 1.82) is 0 Å². The molecule has 130 valence electrons. The summed E-state index contributed by atoms with van der Waals surface area (Å²) in [5.41, 5.74) is 1.09. The van der Waals surface area contributed by atoms with Crippen LogP contribution in [0.3, 0.4) is 0 Å². The number of hydrogen-bond donors (Lipinski definition) is 0. The zero-order valence-electron chi connectivity index (χ0n) is 13.5. The highest BCUT2D eigenvalue weighted by molar-refractivity contribution is 9.10. The second-order valence-electron chi connectivity index (χ2n) is 6.39. The lowest BCUT2D eigenvalue weighted by molar-refractivity contribution is 0.129. The molecule has 0 unspecified atom stereocenters. The lowest BCUT2D eigenvalue weighted by Crippen LogP contribution is -2.25. The predicted molar refractivity (Wildman–Crippen MR) is 101 cm³/mol. The molecule has 2 heterocycles. The first-order valence-electron chi connectivity index (χ1n) is 8.34. The van der Waals surface area contributed by atoms with E-state index in [9.17, 15) is 4.39 Å². The highest BCUT2D eigenvalue weighted by Gasteiger charge is 2.25. The Bertz CT molecular complexity index is 906. The van der Waals surface area contributed by atoms with Crippen LogP contribution in [0.2, 0.25) is 5.15 Å². The topological polar surface area (TPSA) is 27.1 Å². The minimum absolute atomic E-state index is 0.0590. The van der Waals surface area contributed by atoms with E-state index in [1.807, 2.05) is 6.07 Å². The van der Waals surface area contributed by atoms with Crippen molar-refractivity contribution >= 4 is 38.4 Å². The zero-order valence-corrected chi connectivity index (χ0v) is 15.8. The van der Waals surface area contributed by atoms with Gasteiger partial charge in [-0.2, -0.15) is 0 Å². The van der Waals surface area contributed by atoms with Gasteiger partial charge in [0.1, 0.15) is 5.15 Å². The van der Waals surface area contributed by atoms with Crippen LogP contribution in [0.25, 0.3) is 10.9 Å². The molecule has 1 fully saturated rings. The van der Waals surface area contributed by atoms with Crippen molar-refractivity contribution in [2.75, 3.05) is 0 Å². The largest absolute Gasteiger partial charge is 0.487 e. The summed E-state index contributed by atoms with van der Waals surface area (Å²) in [6.45, 7) is 0. The predicted octanol–water partition coefficient (Wildman–Crippen LogP) is 6.15. The van der Waals surface area contributed by atoms with Crippen LogP contribution in [-0.4, -0.2) is 15.7 Å².